The molecule has 2 aromatic rings. The summed E-state index contributed by atoms with van der Waals surface area (Å²) in [6.45, 7) is 1.43. The fourth-order valence-electron chi connectivity index (χ4n) is 3.22. The van der Waals surface area contributed by atoms with Gasteiger partial charge in [0, 0.05) is 24.2 Å². The van der Waals surface area contributed by atoms with E-state index in [4.69, 9.17) is 5.73 Å². The molecule has 0 saturated carbocycles. The molecule has 2 aliphatic rings. The first-order valence-electron chi connectivity index (χ1n) is 7.15. The molecule has 0 unspecified atom stereocenters. The summed E-state index contributed by atoms with van der Waals surface area (Å²) in [5.41, 5.74) is 10.6. The lowest BCUT2D eigenvalue weighted by atomic mass is 9.88. The molecule has 21 heavy (non-hydrogen) atoms. The van der Waals surface area contributed by atoms with Gasteiger partial charge < -0.3 is 16.2 Å². The smallest absolute Gasteiger partial charge is 0.269 e. The van der Waals surface area contributed by atoms with Crippen molar-refractivity contribution in [3.63, 3.8) is 0 Å². The number of carbonyl (C=O) groups is 1. The van der Waals surface area contributed by atoms with Crippen LogP contribution in [-0.2, 0) is 19.4 Å². The summed E-state index contributed by atoms with van der Waals surface area (Å²) in [4.78, 5) is 12.2. The number of nitrogens with one attached hydrogen (secondary N) is 1. The first kappa shape index (κ1) is 12.3. The lowest BCUT2D eigenvalue weighted by Gasteiger charge is -2.17. The van der Waals surface area contributed by atoms with Gasteiger partial charge in [-0.15, -0.1) is 0 Å². The number of hydrogen-bond donors (Lipinski definition) is 3. The van der Waals surface area contributed by atoms with E-state index in [-0.39, 0.29) is 11.7 Å². The second-order valence-corrected chi connectivity index (χ2v) is 5.58. The largest absolute Gasteiger partial charge is 0.506 e. The molecule has 1 aromatic carbocycles. The highest BCUT2D eigenvalue weighted by molar-refractivity contribution is 5.96. The summed E-state index contributed by atoms with van der Waals surface area (Å²) in [6.07, 6.45) is 2.42. The van der Waals surface area contributed by atoms with Gasteiger partial charge in [-0.25, -0.2) is 0 Å². The van der Waals surface area contributed by atoms with Gasteiger partial charge in [0.1, 0.15) is 11.4 Å². The average Bonchev–Trinajstić information content (AvgIpc) is 2.74. The number of aromatic nitrogens is 2. The summed E-state index contributed by atoms with van der Waals surface area (Å²) in [5, 5.41) is 17.3. The SMILES string of the molecule is Nc1cc2c(cc1O)CCc1c-2nn2c1C(=O)NCCC2. The van der Waals surface area contributed by atoms with E-state index in [0.29, 0.717) is 17.9 Å². The van der Waals surface area contributed by atoms with Crippen LogP contribution >= 0.6 is 0 Å². The van der Waals surface area contributed by atoms with Gasteiger partial charge in [0.2, 0.25) is 0 Å². The molecule has 1 aromatic heterocycles. The summed E-state index contributed by atoms with van der Waals surface area (Å²) >= 11 is 0. The van der Waals surface area contributed by atoms with E-state index >= 15 is 0 Å². The fraction of sp³-hybridized carbons (Fsp3) is 0.333. The van der Waals surface area contributed by atoms with Crippen LogP contribution in [0.1, 0.15) is 28.0 Å². The van der Waals surface area contributed by atoms with Gasteiger partial charge in [0.25, 0.3) is 5.91 Å². The number of nitrogens with zero attached hydrogens (tertiary/aromatic N) is 2. The van der Waals surface area contributed by atoms with Gasteiger partial charge in [0.15, 0.2) is 0 Å². The number of aryl methyl sites for hydroxylation is 2. The van der Waals surface area contributed by atoms with Gasteiger partial charge in [-0.1, -0.05) is 0 Å². The third kappa shape index (κ3) is 1.72. The molecule has 4 N–H and O–H groups in total. The molecular weight excluding hydrogens is 268 g/mol. The zero-order valence-electron chi connectivity index (χ0n) is 11.5. The minimum atomic E-state index is -0.0450. The van der Waals surface area contributed by atoms with Crippen molar-refractivity contribution in [2.45, 2.75) is 25.8 Å². The molecule has 108 valence electrons. The molecule has 1 aliphatic carbocycles. The number of carbonyl (C=O) groups excluding carboxylic acids is 1. The second-order valence-electron chi connectivity index (χ2n) is 5.58. The molecule has 0 fully saturated rings. The molecule has 0 saturated heterocycles. The Balaban J connectivity index is 1.94. The van der Waals surface area contributed by atoms with Crippen LogP contribution < -0.4 is 11.1 Å². The van der Waals surface area contributed by atoms with Crippen molar-refractivity contribution in [1.29, 1.82) is 0 Å². The Morgan fingerprint density at radius 1 is 1.33 bits per heavy atom. The molecular formula is C15H16N4O2. The maximum Gasteiger partial charge on any atom is 0.269 e. The van der Waals surface area contributed by atoms with E-state index in [1.807, 2.05) is 4.68 Å². The minimum Gasteiger partial charge on any atom is -0.506 e. The molecule has 6 heteroatoms. The van der Waals surface area contributed by atoms with Gasteiger partial charge in [-0.2, -0.15) is 5.10 Å². The summed E-state index contributed by atoms with van der Waals surface area (Å²) in [5.74, 6) is 0.0622. The highest BCUT2D eigenvalue weighted by atomic mass is 16.3. The summed E-state index contributed by atoms with van der Waals surface area (Å²) < 4.78 is 1.81. The third-order valence-electron chi connectivity index (χ3n) is 4.25. The standard InChI is InChI=1S/C15H16N4O2/c16-11-7-10-8(6-12(11)20)2-3-9-13(10)18-19-5-1-4-17-15(21)14(9)19/h6-7,20H,1-5,16H2,(H,17,21). The van der Waals surface area contributed by atoms with Crippen molar-refractivity contribution in [2.24, 2.45) is 0 Å². The number of amides is 1. The Hall–Kier alpha value is -2.50. The lowest BCUT2D eigenvalue weighted by Crippen LogP contribution is -2.24. The molecule has 2 heterocycles. The second kappa shape index (κ2) is 4.25. The van der Waals surface area contributed by atoms with E-state index in [2.05, 4.69) is 10.4 Å². The van der Waals surface area contributed by atoms with E-state index in [9.17, 15) is 9.90 Å². The lowest BCUT2D eigenvalue weighted by molar-refractivity contribution is 0.0949. The normalized spacial score (nSPS) is 16.5. The zero-order valence-corrected chi connectivity index (χ0v) is 11.5. The molecule has 1 aliphatic heterocycles. The molecule has 1 amide bonds. The van der Waals surface area contributed by atoms with Crippen LogP contribution in [-0.4, -0.2) is 27.3 Å². The number of fused-ring (bicyclic) bond motifs is 5. The van der Waals surface area contributed by atoms with Gasteiger partial charge in [-0.3, -0.25) is 9.48 Å². The van der Waals surface area contributed by atoms with Crippen molar-refractivity contribution < 1.29 is 9.90 Å². The Morgan fingerprint density at radius 2 is 2.19 bits per heavy atom. The van der Waals surface area contributed by atoms with E-state index < -0.39 is 0 Å². The van der Waals surface area contributed by atoms with Crippen LogP contribution in [0.25, 0.3) is 11.3 Å². The number of benzene rings is 1. The van der Waals surface area contributed by atoms with E-state index in [1.54, 1.807) is 12.1 Å². The topological polar surface area (TPSA) is 93.2 Å². The quantitative estimate of drug-likeness (QED) is 0.498. The molecule has 0 spiro atoms. The van der Waals surface area contributed by atoms with Crippen LogP contribution in [0.5, 0.6) is 5.75 Å². The van der Waals surface area contributed by atoms with Gasteiger partial charge >= 0.3 is 0 Å². The number of nitrogens with two attached hydrogens (primary N) is 1. The monoisotopic (exact) mass is 284 g/mol. The number of anilines is 1. The Labute approximate surface area is 121 Å². The van der Waals surface area contributed by atoms with Crippen LogP contribution in [0.15, 0.2) is 12.1 Å². The summed E-state index contributed by atoms with van der Waals surface area (Å²) in [7, 11) is 0. The van der Waals surface area contributed by atoms with Crippen LogP contribution in [0, 0.1) is 0 Å². The van der Waals surface area contributed by atoms with Crippen LogP contribution in [0.4, 0.5) is 5.69 Å². The number of nitrogen functional groups attached to an aromatic ring is 1. The van der Waals surface area contributed by atoms with Crippen LogP contribution in [0.2, 0.25) is 0 Å². The zero-order chi connectivity index (χ0) is 14.6. The van der Waals surface area contributed by atoms with Crippen molar-refractivity contribution in [3.8, 4) is 17.0 Å². The maximum absolute atomic E-state index is 12.2. The Morgan fingerprint density at radius 3 is 3.05 bits per heavy atom. The predicted molar refractivity (Wildman–Crippen MR) is 78.1 cm³/mol. The molecule has 6 nitrogen and oxygen atoms in total. The van der Waals surface area contributed by atoms with Gasteiger partial charge in [0.05, 0.1) is 11.4 Å². The maximum atomic E-state index is 12.2. The first-order valence-corrected chi connectivity index (χ1v) is 7.15. The predicted octanol–water partition coefficient (Wildman–Crippen LogP) is 1.07. The fourth-order valence-corrected chi connectivity index (χ4v) is 3.22. The molecule has 0 radical (unpaired) electrons. The summed E-state index contributed by atoms with van der Waals surface area (Å²) in [6, 6.07) is 3.46. The Bertz CT molecular complexity index is 764. The van der Waals surface area contributed by atoms with Crippen molar-refractivity contribution in [1.82, 2.24) is 15.1 Å². The number of phenolic OH excluding ortho intramolecular Hbond substituents is 1. The highest BCUT2D eigenvalue weighted by Crippen LogP contribution is 2.38. The molecule has 0 bridgehead atoms. The highest BCUT2D eigenvalue weighted by Gasteiger charge is 2.29. The average molecular weight is 284 g/mol. The third-order valence-corrected chi connectivity index (χ3v) is 4.25. The van der Waals surface area contributed by atoms with E-state index in [0.717, 1.165) is 48.2 Å². The molecule has 0 atom stereocenters. The van der Waals surface area contributed by atoms with E-state index in [1.165, 1.54) is 0 Å². The van der Waals surface area contributed by atoms with Crippen molar-refractivity contribution in [2.75, 3.05) is 12.3 Å². The Kier molecular flexibility index (Phi) is 2.48. The van der Waals surface area contributed by atoms with Crippen LogP contribution in [0.3, 0.4) is 0 Å². The molecule has 4 rings (SSSR count). The van der Waals surface area contributed by atoms with Crippen molar-refractivity contribution in [3.05, 3.63) is 29.0 Å². The van der Waals surface area contributed by atoms with Gasteiger partial charge in [-0.05, 0) is 37.0 Å². The number of rotatable bonds is 0. The first-order chi connectivity index (χ1) is 10.1. The number of hydrogen-bond acceptors (Lipinski definition) is 4. The van der Waals surface area contributed by atoms with Crippen molar-refractivity contribution >= 4 is 11.6 Å². The minimum absolute atomic E-state index is 0.0450. The number of phenols is 1. The number of aromatic hydroxyl groups is 1.